The molecule has 0 radical (unpaired) electrons. The highest BCUT2D eigenvalue weighted by atomic mass is 16.5. The summed E-state index contributed by atoms with van der Waals surface area (Å²) in [7, 11) is 0. The third-order valence-corrected chi connectivity index (χ3v) is 4.15. The van der Waals surface area contributed by atoms with E-state index in [4.69, 9.17) is 4.74 Å². The van der Waals surface area contributed by atoms with E-state index in [1.54, 1.807) is 12.1 Å². The molecule has 2 bridgehead atoms. The standard InChI is InChI=1S/C15H14O6/c16-7-15-6-5-10(18)13(21-15)11(14(19)20)12(15)8-1-3-9(17)4-2-8/h1-6,11-13,16-17H,7H2,(H,19,20). The molecule has 2 aliphatic rings. The third kappa shape index (κ3) is 1.95. The van der Waals surface area contributed by atoms with Crippen molar-refractivity contribution < 1.29 is 29.6 Å². The third-order valence-electron chi connectivity index (χ3n) is 4.15. The van der Waals surface area contributed by atoms with Crippen molar-refractivity contribution in [2.45, 2.75) is 17.6 Å². The van der Waals surface area contributed by atoms with Crippen molar-refractivity contribution in [3.05, 3.63) is 42.0 Å². The van der Waals surface area contributed by atoms with Gasteiger partial charge in [0.05, 0.1) is 6.61 Å². The molecule has 2 heterocycles. The number of aromatic hydroxyl groups is 1. The van der Waals surface area contributed by atoms with E-state index in [2.05, 4.69) is 0 Å². The average Bonchev–Trinajstić information content (AvgIpc) is 2.76. The fraction of sp³-hybridized carbons (Fsp3) is 0.333. The van der Waals surface area contributed by atoms with Gasteiger partial charge in [0.15, 0.2) is 5.78 Å². The van der Waals surface area contributed by atoms with E-state index in [0.29, 0.717) is 5.56 Å². The lowest BCUT2D eigenvalue weighted by Crippen LogP contribution is -2.39. The highest BCUT2D eigenvalue weighted by Crippen LogP contribution is 2.50. The quantitative estimate of drug-likeness (QED) is 0.746. The predicted octanol–water partition coefficient (Wildman–Crippen LogP) is 0.445. The van der Waals surface area contributed by atoms with Crippen molar-refractivity contribution in [3.8, 4) is 5.75 Å². The number of aliphatic carboxylic acids is 1. The number of fused-ring (bicyclic) bond motifs is 2. The molecular weight excluding hydrogens is 276 g/mol. The van der Waals surface area contributed by atoms with Crippen LogP contribution in [0.5, 0.6) is 5.75 Å². The lowest BCUT2D eigenvalue weighted by molar-refractivity contribution is -0.148. The first-order valence-corrected chi connectivity index (χ1v) is 6.52. The van der Waals surface area contributed by atoms with Crippen molar-refractivity contribution >= 4 is 11.8 Å². The van der Waals surface area contributed by atoms with Gasteiger partial charge in [-0.25, -0.2) is 0 Å². The number of carboxylic acid groups (broad SMARTS) is 1. The summed E-state index contributed by atoms with van der Waals surface area (Å²) >= 11 is 0. The summed E-state index contributed by atoms with van der Waals surface area (Å²) in [5, 5.41) is 28.6. The molecule has 3 rings (SSSR count). The van der Waals surface area contributed by atoms with Crippen LogP contribution in [0.15, 0.2) is 36.4 Å². The minimum absolute atomic E-state index is 0.0529. The van der Waals surface area contributed by atoms with Crippen LogP contribution in [0.4, 0.5) is 0 Å². The molecule has 110 valence electrons. The van der Waals surface area contributed by atoms with Crippen LogP contribution in [-0.2, 0) is 14.3 Å². The van der Waals surface area contributed by atoms with Crippen LogP contribution in [-0.4, -0.2) is 45.4 Å². The smallest absolute Gasteiger partial charge is 0.310 e. The van der Waals surface area contributed by atoms with Crippen molar-refractivity contribution in [2.75, 3.05) is 6.61 Å². The molecule has 0 spiro atoms. The van der Waals surface area contributed by atoms with Gasteiger partial charge in [0.25, 0.3) is 0 Å². The average molecular weight is 290 g/mol. The molecule has 0 aliphatic carbocycles. The zero-order chi connectivity index (χ0) is 15.2. The van der Waals surface area contributed by atoms with Crippen molar-refractivity contribution in [3.63, 3.8) is 0 Å². The van der Waals surface area contributed by atoms with Gasteiger partial charge in [0.1, 0.15) is 23.4 Å². The van der Waals surface area contributed by atoms with Crippen LogP contribution in [0, 0.1) is 5.92 Å². The number of ether oxygens (including phenoxy) is 1. The van der Waals surface area contributed by atoms with Crippen molar-refractivity contribution in [1.29, 1.82) is 0 Å². The first kappa shape index (κ1) is 13.8. The van der Waals surface area contributed by atoms with Crippen molar-refractivity contribution in [1.82, 2.24) is 0 Å². The van der Waals surface area contributed by atoms with Crippen LogP contribution < -0.4 is 0 Å². The summed E-state index contributed by atoms with van der Waals surface area (Å²) in [6.45, 7) is -0.428. The Labute approximate surface area is 120 Å². The Morgan fingerprint density at radius 2 is 1.95 bits per heavy atom. The number of aliphatic hydroxyl groups is 1. The number of ketones is 1. The van der Waals surface area contributed by atoms with Gasteiger partial charge in [0.2, 0.25) is 0 Å². The molecule has 0 saturated carbocycles. The number of aliphatic hydroxyl groups excluding tert-OH is 1. The number of hydrogen-bond acceptors (Lipinski definition) is 5. The van der Waals surface area contributed by atoms with Gasteiger partial charge in [-0.05, 0) is 29.8 Å². The van der Waals surface area contributed by atoms with Gasteiger partial charge in [-0.3, -0.25) is 9.59 Å². The molecule has 21 heavy (non-hydrogen) atoms. The van der Waals surface area contributed by atoms with E-state index in [0.717, 1.165) is 0 Å². The Morgan fingerprint density at radius 3 is 2.52 bits per heavy atom. The molecule has 2 aliphatic heterocycles. The molecular formula is C15H14O6. The summed E-state index contributed by atoms with van der Waals surface area (Å²) < 4.78 is 5.59. The number of phenols is 1. The monoisotopic (exact) mass is 290 g/mol. The maximum atomic E-state index is 11.9. The largest absolute Gasteiger partial charge is 0.508 e. The van der Waals surface area contributed by atoms with Crippen molar-refractivity contribution in [2.24, 2.45) is 5.92 Å². The van der Waals surface area contributed by atoms with Gasteiger partial charge in [0, 0.05) is 5.92 Å². The first-order valence-electron chi connectivity index (χ1n) is 6.52. The molecule has 4 atom stereocenters. The zero-order valence-electron chi connectivity index (χ0n) is 11.0. The Balaban J connectivity index is 2.14. The summed E-state index contributed by atoms with van der Waals surface area (Å²) in [6.07, 6.45) is 1.62. The molecule has 1 fully saturated rings. The van der Waals surface area contributed by atoms with Crippen LogP contribution in [0.1, 0.15) is 11.5 Å². The fourth-order valence-corrected chi connectivity index (χ4v) is 3.19. The lowest BCUT2D eigenvalue weighted by Gasteiger charge is -2.31. The summed E-state index contributed by atoms with van der Waals surface area (Å²) in [4.78, 5) is 23.5. The Morgan fingerprint density at radius 1 is 1.29 bits per heavy atom. The molecule has 6 heteroatoms. The summed E-state index contributed by atoms with van der Waals surface area (Å²) in [6, 6.07) is 6.03. The van der Waals surface area contributed by atoms with E-state index in [1.807, 2.05) is 0 Å². The van der Waals surface area contributed by atoms with E-state index < -0.39 is 41.9 Å². The number of rotatable bonds is 3. The maximum Gasteiger partial charge on any atom is 0.310 e. The highest BCUT2D eigenvalue weighted by Gasteiger charge is 2.60. The fourth-order valence-electron chi connectivity index (χ4n) is 3.19. The second-order valence-corrected chi connectivity index (χ2v) is 5.32. The number of carboxylic acids is 1. The molecule has 0 aromatic heterocycles. The summed E-state index contributed by atoms with van der Waals surface area (Å²) in [5.41, 5.74) is -0.630. The minimum Gasteiger partial charge on any atom is -0.508 e. The summed E-state index contributed by atoms with van der Waals surface area (Å²) in [5.74, 6) is -3.28. The Bertz CT molecular complexity index is 620. The van der Waals surface area contributed by atoms with Gasteiger partial charge < -0.3 is 20.1 Å². The van der Waals surface area contributed by atoms with Gasteiger partial charge in [-0.1, -0.05) is 12.1 Å². The number of phenolic OH excluding ortho intramolecular Hbond substituents is 1. The number of carbonyl (C=O) groups excluding carboxylic acids is 1. The highest BCUT2D eigenvalue weighted by molar-refractivity contribution is 5.99. The Kier molecular flexibility index (Phi) is 3.07. The second kappa shape index (κ2) is 4.68. The van der Waals surface area contributed by atoms with E-state index in [9.17, 15) is 24.9 Å². The van der Waals surface area contributed by atoms with Crippen LogP contribution in [0.25, 0.3) is 0 Å². The SMILES string of the molecule is O=C1C=CC2(CO)OC1C(C(=O)O)C2c1ccc(O)cc1. The second-order valence-electron chi connectivity index (χ2n) is 5.32. The van der Waals surface area contributed by atoms with Crippen LogP contribution >= 0.6 is 0 Å². The normalized spacial score (nSPS) is 34.1. The van der Waals surface area contributed by atoms with E-state index >= 15 is 0 Å². The molecule has 1 aromatic rings. The molecule has 1 aromatic carbocycles. The van der Waals surface area contributed by atoms with E-state index in [-0.39, 0.29) is 5.75 Å². The van der Waals surface area contributed by atoms with Crippen LogP contribution in [0.3, 0.4) is 0 Å². The lowest BCUT2D eigenvalue weighted by atomic mass is 9.76. The first-order chi connectivity index (χ1) is 9.98. The predicted molar refractivity (Wildman–Crippen MR) is 70.8 cm³/mol. The number of benzene rings is 1. The Hall–Kier alpha value is -2.18. The van der Waals surface area contributed by atoms with Gasteiger partial charge in [-0.15, -0.1) is 0 Å². The topological polar surface area (TPSA) is 104 Å². The number of carbonyl (C=O) groups is 2. The molecule has 6 nitrogen and oxygen atoms in total. The van der Waals surface area contributed by atoms with Gasteiger partial charge in [-0.2, -0.15) is 0 Å². The molecule has 4 unspecified atom stereocenters. The minimum atomic E-state index is -1.22. The molecule has 3 N–H and O–H groups in total. The maximum absolute atomic E-state index is 11.9. The van der Waals surface area contributed by atoms with Gasteiger partial charge >= 0.3 is 5.97 Å². The molecule has 1 saturated heterocycles. The zero-order valence-corrected chi connectivity index (χ0v) is 11.0. The number of hydrogen-bond donors (Lipinski definition) is 3. The van der Waals surface area contributed by atoms with E-state index in [1.165, 1.54) is 24.3 Å². The molecule has 0 amide bonds. The van der Waals surface area contributed by atoms with Crippen LogP contribution in [0.2, 0.25) is 0 Å².